The minimum absolute atomic E-state index is 0.141. The summed E-state index contributed by atoms with van der Waals surface area (Å²) in [5.41, 5.74) is 1.72. The Morgan fingerprint density at radius 2 is 1.50 bits per heavy atom. The third-order valence-corrected chi connectivity index (χ3v) is 5.24. The van der Waals surface area contributed by atoms with Gasteiger partial charge in [0.2, 0.25) is 6.29 Å². The Hall–Kier alpha value is -2.98. The smallest absolute Gasteiger partial charge is 0.305 e. The SMILES string of the molecule is COc1ccc(CO[C@@H]2[C@@H](OC(C)=O)O[C@@H](COC(C)=O)[C@@H](O)[C@H]2OCc2ccccc2)cc1. The highest BCUT2D eigenvalue weighted by Gasteiger charge is 2.49. The molecule has 1 fully saturated rings. The van der Waals surface area contributed by atoms with Crippen LogP contribution in [0, 0.1) is 0 Å². The predicted octanol–water partition coefficient (Wildman–Crippen LogP) is 2.38. The monoisotopic (exact) mass is 474 g/mol. The first-order valence-electron chi connectivity index (χ1n) is 10.9. The first-order chi connectivity index (χ1) is 16.4. The van der Waals surface area contributed by atoms with Crippen LogP contribution in [0.15, 0.2) is 54.6 Å². The number of ether oxygens (including phenoxy) is 6. The minimum atomic E-state index is -1.21. The molecule has 34 heavy (non-hydrogen) atoms. The number of benzene rings is 2. The van der Waals surface area contributed by atoms with Crippen molar-refractivity contribution in [2.24, 2.45) is 0 Å². The van der Waals surface area contributed by atoms with E-state index in [1.807, 2.05) is 42.5 Å². The molecule has 0 bridgehead atoms. The van der Waals surface area contributed by atoms with Gasteiger partial charge in [0.15, 0.2) is 0 Å². The topological polar surface area (TPSA) is 110 Å². The number of methoxy groups -OCH3 is 1. The Morgan fingerprint density at radius 1 is 0.882 bits per heavy atom. The molecule has 0 amide bonds. The van der Waals surface area contributed by atoms with E-state index in [4.69, 9.17) is 28.4 Å². The highest BCUT2D eigenvalue weighted by atomic mass is 16.7. The third-order valence-electron chi connectivity index (χ3n) is 5.24. The van der Waals surface area contributed by atoms with Gasteiger partial charge in [0, 0.05) is 13.8 Å². The zero-order valence-corrected chi connectivity index (χ0v) is 19.4. The van der Waals surface area contributed by atoms with Gasteiger partial charge in [-0.05, 0) is 23.3 Å². The van der Waals surface area contributed by atoms with Crippen molar-refractivity contribution in [2.45, 2.75) is 57.8 Å². The van der Waals surface area contributed by atoms with Crippen LogP contribution < -0.4 is 4.74 Å². The fourth-order valence-electron chi connectivity index (χ4n) is 3.53. The lowest BCUT2D eigenvalue weighted by Crippen LogP contribution is -2.61. The molecule has 9 nitrogen and oxygen atoms in total. The molecule has 0 aromatic heterocycles. The first kappa shape index (κ1) is 25.6. The summed E-state index contributed by atoms with van der Waals surface area (Å²) in [5, 5.41) is 11.0. The van der Waals surface area contributed by atoms with E-state index in [0.29, 0.717) is 5.75 Å². The molecule has 184 valence electrons. The van der Waals surface area contributed by atoms with E-state index in [1.54, 1.807) is 19.2 Å². The molecule has 0 saturated carbocycles. The summed E-state index contributed by atoms with van der Waals surface area (Å²) >= 11 is 0. The Bertz CT molecular complexity index is 916. The van der Waals surface area contributed by atoms with Gasteiger partial charge in [-0.2, -0.15) is 0 Å². The van der Waals surface area contributed by atoms with Crippen LogP contribution in [-0.4, -0.2) is 61.5 Å². The molecule has 2 aromatic carbocycles. The summed E-state index contributed by atoms with van der Waals surface area (Å²) in [7, 11) is 1.58. The summed E-state index contributed by atoms with van der Waals surface area (Å²) in [6.45, 7) is 2.59. The van der Waals surface area contributed by atoms with Gasteiger partial charge in [-0.25, -0.2) is 0 Å². The number of carbonyl (C=O) groups is 2. The number of carbonyl (C=O) groups excluding carboxylic acids is 2. The van der Waals surface area contributed by atoms with Crippen molar-refractivity contribution in [1.29, 1.82) is 0 Å². The molecule has 0 aliphatic carbocycles. The average molecular weight is 475 g/mol. The maximum atomic E-state index is 11.8. The lowest BCUT2D eigenvalue weighted by Gasteiger charge is -2.43. The molecular weight excluding hydrogens is 444 g/mol. The van der Waals surface area contributed by atoms with Crippen LogP contribution in [-0.2, 0) is 46.5 Å². The molecule has 3 rings (SSSR count). The molecule has 9 heteroatoms. The molecule has 0 radical (unpaired) electrons. The van der Waals surface area contributed by atoms with Gasteiger partial charge < -0.3 is 33.5 Å². The maximum absolute atomic E-state index is 11.8. The van der Waals surface area contributed by atoms with Crippen LogP contribution >= 0.6 is 0 Å². The van der Waals surface area contributed by atoms with Crippen molar-refractivity contribution in [1.82, 2.24) is 0 Å². The molecular formula is C25H30O9. The average Bonchev–Trinajstić information content (AvgIpc) is 2.83. The normalized spacial score (nSPS) is 24.3. The van der Waals surface area contributed by atoms with Gasteiger partial charge in [-0.1, -0.05) is 42.5 Å². The Morgan fingerprint density at radius 3 is 2.09 bits per heavy atom. The van der Waals surface area contributed by atoms with Crippen LogP contribution in [0.4, 0.5) is 0 Å². The number of aliphatic hydroxyl groups excluding tert-OH is 1. The number of esters is 2. The van der Waals surface area contributed by atoms with E-state index in [-0.39, 0.29) is 19.8 Å². The molecule has 0 unspecified atom stereocenters. The van der Waals surface area contributed by atoms with E-state index in [1.165, 1.54) is 13.8 Å². The Labute approximate surface area is 198 Å². The second-order valence-electron chi connectivity index (χ2n) is 7.83. The highest BCUT2D eigenvalue weighted by Crippen LogP contribution is 2.29. The minimum Gasteiger partial charge on any atom is -0.497 e. The zero-order chi connectivity index (χ0) is 24.5. The maximum Gasteiger partial charge on any atom is 0.305 e. The fraction of sp³-hybridized carbons (Fsp3) is 0.440. The van der Waals surface area contributed by atoms with Gasteiger partial charge in [0.25, 0.3) is 0 Å². The van der Waals surface area contributed by atoms with Crippen molar-refractivity contribution < 1.29 is 43.1 Å². The number of hydrogen-bond donors (Lipinski definition) is 1. The number of rotatable bonds is 10. The Kier molecular flexibility index (Phi) is 9.41. The predicted molar refractivity (Wildman–Crippen MR) is 120 cm³/mol. The van der Waals surface area contributed by atoms with Crippen LogP contribution in [0.5, 0.6) is 5.75 Å². The second kappa shape index (κ2) is 12.5. The van der Waals surface area contributed by atoms with Gasteiger partial charge in [-0.15, -0.1) is 0 Å². The van der Waals surface area contributed by atoms with Gasteiger partial charge in [0.1, 0.15) is 36.8 Å². The first-order valence-corrected chi connectivity index (χ1v) is 10.9. The summed E-state index contributed by atoms with van der Waals surface area (Å²) in [6, 6.07) is 16.7. The highest BCUT2D eigenvalue weighted by molar-refractivity contribution is 5.66. The molecule has 1 heterocycles. The molecule has 1 saturated heterocycles. The van der Waals surface area contributed by atoms with Crippen molar-refractivity contribution in [2.75, 3.05) is 13.7 Å². The molecule has 1 aliphatic rings. The molecule has 1 aliphatic heterocycles. The van der Waals surface area contributed by atoms with Crippen LogP contribution in [0.2, 0.25) is 0 Å². The summed E-state index contributed by atoms with van der Waals surface area (Å²) in [5.74, 6) is -0.415. The molecule has 5 atom stereocenters. The van der Waals surface area contributed by atoms with Crippen LogP contribution in [0.25, 0.3) is 0 Å². The Balaban J connectivity index is 1.81. The second-order valence-corrected chi connectivity index (χ2v) is 7.83. The fourth-order valence-corrected chi connectivity index (χ4v) is 3.53. The van der Waals surface area contributed by atoms with E-state index < -0.39 is 42.6 Å². The zero-order valence-electron chi connectivity index (χ0n) is 19.4. The van der Waals surface area contributed by atoms with Gasteiger partial charge in [0.05, 0.1) is 20.3 Å². The van der Waals surface area contributed by atoms with Crippen LogP contribution in [0.3, 0.4) is 0 Å². The van der Waals surface area contributed by atoms with Crippen molar-refractivity contribution in [3.8, 4) is 5.75 Å². The summed E-state index contributed by atoms with van der Waals surface area (Å²) in [4.78, 5) is 23.1. The third kappa shape index (κ3) is 7.26. The van der Waals surface area contributed by atoms with E-state index in [9.17, 15) is 14.7 Å². The van der Waals surface area contributed by atoms with E-state index in [0.717, 1.165) is 11.1 Å². The standard InChI is InChI=1S/C25H30O9/c1-16(26)30-15-21-22(28)23(31-13-18-7-5-4-6-8-18)24(25(34-21)33-17(2)27)32-14-19-9-11-20(29-3)12-10-19/h4-12,21-25,28H,13-15H2,1-3H3/t21-,22+,23+,24-,25-/m0/s1. The van der Waals surface area contributed by atoms with Crippen molar-refractivity contribution in [3.05, 3.63) is 65.7 Å². The van der Waals surface area contributed by atoms with Crippen molar-refractivity contribution >= 4 is 11.9 Å². The summed E-state index contributed by atoms with van der Waals surface area (Å²) in [6.07, 6.45) is -5.25. The molecule has 1 N–H and O–H groups in total. The van der Waals surface area contributed by atoms with E-state index in [2.05, 4.69) is 0 Å². The van der Waals surface area contributed by atoms with Gasteiger partial charge >= 0.3 is 11.9 Å². The number of hydrogen-bond acceptors (Lipinski definition) is 9. The molecule has 2 aromatic rings. The lowest BCUT2D eigenvalue weighted by atomic mass is 9.98. The largest absolute Gasteiger partial charge is 0.497 e. The summed E-state index contributed by atoms with van der Waals surface area (Å²) < 4.78 is 33.5. The quantitative estimate of drug-likeness (QED) is 0.519. The van der Waals surface area contributed by atoms with Gasteiger partial charge in [-0.3, -0.25) is 9.59 Å². The van der Waals surface area contributed by atoms with Crippen LogP contribution in [0.1, 0.15) is 25.0 Å². The van der Waals surface area contributed by atoms with E-state index >= 15 is 0 Å². The van der Waals surface area contributed by atoms with Crippen molar-refractivity contribution in [3.63, 3.8) is 0 Å². The lowest BCUT2D eigenvalue weighted by molar-refractivity contribution is -0.311. The molecule has 0 spiro atoms. The number of aliphatic hydroxyl groups is 1.